The van der Waals surface area contributed by atoms with Gasteiger partial charge in [-0.2, -0.15) is 0 Å². The summed E-state index contributed by atoms with van der Waals surface area (Å²) in [5, 5.41) is 9.66. The Morgan fingerprint density at radius 3 is 2.33 bits per heavy atom. The van der Waals surface area contributed by atoms with E-state index < -0.39 is 29.9 Å². The van der Waals surface area contributed by atoms with Crippen LogP contribution in [0.25, 0.3) is 0 Å². The highest BCUT2D eigenvalue weighted by Crippen LogP contribution is 2.22. The van der Waals surface area contributed by atoms with Gasteiger partial charge in [-0.15, -0.1) is 0 Å². The van der Waals surface area contributed by atoms with E-state index in [1.807, 2.05) is 0 Å². The number of amides is 2. The molecular weight excluding hydrogens is 276 g/mol. The molecule has 1 aliphatic heterocycles. The summed E-state index contributed by atoms with van der Waals surface area (Å²) >= 11 is 0. The number of nitrogens with two attached hydrogens (primary N) is 1. The molecule has 7 heteroatoms. The number of β-amino-alcohol motifs (C(OH)–C–C–N with tert-alkyl or cyclic N) is 1. The zero-order chi connectivity index (χ0) is 15.6. The van der Waals surface area contributed by atoms with Gasteiger partial charge < -0.3 is 20.5 Å². The molecule has 1 heterocycles. The highest BCUT2D eigenvalue weighted by molar-refractivity contribution is 5.99. The molecule has 0 aliphatic carbocycles. The number of carbonyl (C=O) groups excluding carboxylic acids is 3. The van der Waals surface area contributed by atoms with Gasteiger partial charge in [-0.05, 0) is 24.3 Å². The van der Waals surface area contributed by atoms with Gasteiger partial charge in [0.1, 0.15) is 6.04 Å². The maximum atomic E-state index is 12.4. The van der Waals surface area contributed by atoms with Crippen molar-refractivity contribution in [3.05, 3.63) is 35.4 Å². The first-order valence-electron chi connectivity index (χ1n) is 6.40. The predicted octanol–water partition coefficient (Wildman–Crippen LogP) is -0.466. The van der Waals surface area contributed by atoms with E-state index in [0.29, 0.717) is 5.56 Å². The number of aliphatic hydroxyl groups is 1. The van der Waals surface area contributed by atoms with Crippen LogP contribution in [-0.4, -0.2) is 53.6 Å². The number of benzene rings is 1. The van der Waals surface area contributed by atoms with Gasteiger partial charge >= 0.3 is 5.97 Å². The zero-order valence-corrected chi connectivity index (χ0v) is 11.5. The molecule has 112 valence electrons. The lowest BCUT2D eigenvalue weighted by atomic mass is 10.1. The second-order valence-corrected chi connectivity index (χ2v) is 4.83. The topological polar surface area (TPSA) is 110 Å². The van der Waals surface area contributed by atoms with Crippen molar-refractivity contribution in [2.24, 2.45) is 5.73 Å². The molecule has 0 bridgehead atoms. The smallest absolute Gasteiger partial charge is 0.328 e. The van der Waals surface area contributed by atoms with E-state index in [4.69, 9.17) is 5.73 Å². The molecule has 3 N–H and O–H groups in total. The normalized spacial score (nSPS) is 21.1. The number of hydrogen-bond donors (Lipinski definition) is 2. The lowest BCUT2D eigenvalue weighted by Gasteiger charge is -2.22. The van der Waals surface area contributed by atoms with Crippen molar-refractivity contribution in [3.8, 4) is 0 Å². The number of likely N-dealkylation sites (tertiary alicyclic amines) is 1. The molecular formula is C14H16N2O5. The zero-order valence-electron chi connectivity index (χ0n) is 11.5. The van der Waals surface area contributed by atoms with Crippen molar-refractivity contribution in [1.82, 2.24) is 4.90 Å². The largest absolute Gasteiger partial charge is 0.467 e. The Hall–Kier alpha value is -2.41. The van der Waals surface area contributed by atoms with E-state index in [1.54, 1.807) is 0 Å². The Kier molecular flexibility index (Phi) is 4.23. The lowest BCUT2D eigenvalue weighted by molar-refractivity contribution is -0.145. The fraction of sp³-hybridized carbons (Fsp3) is 0.357. The van der Waals surface area contributed by atoms with Crippen LogP contribution in [0.4, 0.5) is 0 Å². The summed E-state index contributed by atoms with van der Waals surface area (Å²) in [6.07, 6.45) is -0.611. The molecule has 1 saturated heterocycles. The number of ether oxygens (including phenoxy) is 1. The fourth-order valence-electron chi connectivity index (χ4n) is 2.34. The van der Waals surface area contributed by atoms with Gasteiger partial charge in [0, 0.05) is 24.1 Å². The van der Waals surface area contributed by atoms with Gasteiger partial charge in [0.15, 0.2) is 0 Å². The summed E-state index contributed by atoms with van der Waals surface area (Å²) in [4.78, 5) is 36.3. The molecule has 1 aliphatic rings. The minimum atomic E-state index is -0.798. The van der Waals surface area contributed by atoms with Crippen LogP contribution in [0.2, 0.25) is 0 Å². The van der Waals surface area contributed by atoms with Crippen LogP contribution < -0.4 is 5.73 Å². The van der Waals surface area contributed by atoms with Gasteiger partial charge in [-0.1, -0.05) is 0 Å². The van der Waals surface area contributed by atoms with Crippen LogP contribution in [0.3, 0.4) is 0 Å². The Morgan fingerprint density at radius 1 is 1.24 bits per heavy atom. The van der Waals surface area contributed by atoms with Crippen molar-refractivity contribution in [3.63, 3.8) is 0 Å². The minimum absolute atomic E-state index is 0.0656. The van der Waals surface area contributed by atoms with Gasteiger partial charge in [0.2, 0.25) is 5.91 Å². The fourth-order valence-corrected chi connectivity index (χ4v) is 2.34. The number of methoxy groups -OCH3 is 1. The predicted molar refractivity (Wildman–Crippen MR) is 72.4 cm³/mol. The van der Waals surface area contributed by atoms with E-state index in [-0.39, 0.29) is 18.5 Å². The van der Waals surface area contributed by atoms with Crippen LogP contribution in [0.5, 0.6) is 0 Å². The maximum absolute atomic E-state index is 12.4. The molecule has 1 aromatic rings. The van der Waals surface area contributed by atoms with Crippen molar-refractivity contribution >= 4 is 17.8 Å². The van der Waals surface area contributed by atoms with Gasteiger partial charge in [0.05, 0.1) is 13.2 Å². The van der Waals surface area contributed by atoms with Crippen LogP contribution in [0.1, 0.15) is 27.1 Å². The standard InChI is InChI=1S/C14H16N2O5/c1-21-14(20)11-6-10(17)7-16(11)13(19)9-4-2-8(3-5-9)12(15)18/h2-5,10-11,17H,6-7H2,1H3,(H2,15,18). The molecule has 0 spiro atoms. The molecule has 0 aromatic heterocycles. The molecule has 2 amide bonds. The van der Waals surface area contributed by atoms with Crippen molar-refractivity contribution in [1.29, 1.82) is 0 Å². The van der Waals surface area contributed by atoms with Crippen LogP contribution in [-0.2, 0) is 9.53 Å². The third-order valence-corrected chi connectivity index (χ3v) is 3.43. The van der Waals surface area contributed by atoms with Crippen LogP contribution in [0.15, 0.2) is 24.3 Å². The third-order valence-electron chi connectivity index (χ3n) is 3.43. The summed E-state index contributed by atoms with van der Waals surface area (Å²) in [6.45, 7) is 0.0656. The second kappa shape index (κ2) is 5.92. The Balaban J connectivity index is 2.21. The number of aliphatic hydroxyl groups excluding tert-OH is 1. The third kappa shape index (κ3) is 3.03. The number of primary amides is 1. The van der Waals surface area contributed by atoms with E-state index in [2.05, 4.69) is 4.74 Å². The molecule has 0 radical (unpaired) electrons. The van der Waals surface area contributed by atoms with Crippen molar-refractivity contribution < 1.29 is 24.2 Å². The summed E-state index contributed by atoms with van der Waals surface area (Å²) in [5.74, 6) is -1.55. The molecule has 7 nitrogen and oxygen atoms in total. The first-order valence-corrected chi connectivity index (χ1v) is 6.40. The van der Waals surface area contributed by atoms with E-state index in [9.17, 15) is 19.5 Å². The van der Waals surface area contributed by atoms with E-state index >= 15 is 0 Å². The molecule has 2 rings (SSSR count). The van der Waals surface area contributed by atoms with Crippen molar-refractivity contribution in [2.45, 2.75) is 18.6 Å². The maximum Gasteiger partial charge on any atom is 0.328 e. The van der Waals surface area contributed by atoms with Gasteiger partial charge in [0.25, 0.3) is 5.91 Å². The minimum Gasteiger partial charge on any atom is -0.467 e. The molecule has 2 unspecified atom stereocenters. The number of rotatable bonds is 3. The summed E-state index contributed by atoms with van der Waals surface area (Å²) in [5.41, 5.74) is 5.73. The monoisotopic (exact) mass is 292 g/mol. The Bertz CT molecular complexity index is 569. The van der Waals surface area contributed by atoms with Crippen molar-refractivity contribution in [2.75, 3.05) is 13.7 Å². The lowest BCUT2D eigenvalue weighted by Crippen LogP contribution is -2.41. The quantitative estimate of drug-likeness (QED) is 0.732. The number of nitrogens with zero attached hydrogens (tertiary/aromatic N) is 1. The summed E-state index contributed by atoms with van der Waals surface area (Å²) in [6, 6.07) is 5.00. The van der Waals surface area contributed by atoms with E-state index in [1.165, 1.54) is 36.3 Å². The second-order valence-electron chi connectivity index (χ2n) is 4.83. The molecule has 2 atom stereocenters. The average Bonchev–Trinajstić information content (AvgIpc) is 2.87. The molecule has 1 aromatic carbocycles. The van der Waals surface area contributed by atoms with Crippen LogP contribution >= 0.6 is 0 Å². The molecule has 1 fully saturated rings. The Morgan fingerprint density at radius 2 is 1.81 bits per heavy atom. The number of esters is 1. The van der Waals surface area contributed by atoms with Gasteiger partial charge in [-0.25, -0.2) is 4.79 Å². The first-order chi connectivity index (χ1) is 9.93. The Labute approximate surface area is 121 Å². The molecule has 0 saturated carbocycles. The highest BCUT2D eigenvalue weighted by Gasteiger charge is 2.39. The summed E-state index contributed by atoms with van der Waals surface area (Å²) in [7, 11) is 1.23. The summed E-state index contributed by atoms with van der Waals surface area (Å²) < 4.78 is 4.64. The number of hydrogen-bond acceptors (Lipinski definition) is 5. The SMILES string of the molecule is COC(=O)C1CC(O)CN1C(=O)c1ccc(C(N)=O)cc1. The highest BCUT2D eigenvalue weighted by atomic mass is 16.5. The molecule has 21 heavy (non-hydrogen) atoms. The number of carbonyl (C=O) groups is 3. The van der Waals surface area contributed by atoms with Gasteiger partial charge in [-0.3, -0.25) is 9.59 Å². The van der Waals surface area contributed by atoms with E-state index in [0.717, 1.165) is 0 Å². The average molecular weight is 292 g/mol. The first kappa shape index (κ1) is 15.0. The van der Waals surface area contributed by atoms with Crippen LogP contribution in [0, 0.1) is 0 Å².